The van der Waals surface area contributed by atoms with Crippen LogP contribution in [0.2, 0.25) is 5.02 Å². The van der Waals surface area contributed by atoms with Gasteiger partial charge in [0.15, 0.2) is 11.5 Å². The van der Waals surface area contributed by atoms with Crippen molar-refractivity contribution in [3.05, 3.63) is 71.0 Å². The maximum Gasteiger partial charge on any atom is 0.274 e. The number of piperidine rings is 1. The van der Waals surface area contributed by atoms with Crippen LogP contribution in [0.15, 0.2) is 59.6 Å². The van der Waals surface area contributed by atoms with Crippen molar-refractivity contribution in [3.63, 3.8) is 0 Å². The number of aromatic nitrogens is 2. The van der Waals surface area contributed by atoms with Gasteiger partial charge in [0.1, 0.15) is 0 Å². The average Bonchev–Trinajstić information content (AvgIpc) is 2.84. The molecule has 0 saturated carbocycles. The Hall–Kier alpha value is -3.05. The van der Waals surface area contributed by atoms with Gasteiger partial charge in [-0.3, -0.25) is 4.79 Å². The molecular formula is C23H25ClN6O3S. The number of nitrogen functional groups attached to an aromatic ring is 1. The summed E-state index contributed by atoms with van der Waals surface area (Å²) in [4.78, 5) is 21.5. The summed E-state index contributed by atoms with van der Waals surface area (Å²) in [6, 6.07) is 13.1. The van der Waals surface area contributed by atoms with E-state index in [1.165, 1.54) is 30.5 Å². The molecule has 0 aliphatic carbocycles. The maximum absolute atomic E-state index is 12.7. The minimum atomic E-state index is -3.70. The largest absolute Gasteiger partial charge is 0.382 e. The van der Waals surface area contributed by atoms with E-state index in [0.717, 1.165) is 19.4 Å². The Bertz CT molecular complexity index is 1280. The third kappa shape index (κ3) is 5.89. The molecule has 2 heterocycles. The van der Waals surface area contributed by atoms with E-state index in [1.54, 1.807) is 18.2 Å². The molecular weight excluding hydrogens is 476 g/mol. The summed E-state index contributed by atoms with van der Waals surface area (Å²) in [7, 11) is -3.70. The lowest BCUT2D eigenvalue weighted by Crippen LogP contribution is -2.46. The summed E-state index contributed by atoms with van der Waals surface area (Å²) < 4.78 is 27.7. The highest BCUT2D eigenvalue weighted by atomic mass is 35.5. The van der Waals surface area contributed by atoms with Crippen molar-refractivity contribution in [3.8, 4) is 11.3 Å². The second-order valence-corrected chi connectivity index (χ2v) is 10.2. The van der Waals surface area contributed by atoms with E-state index in [9.17, 15) is 13.2 Å². The zero-order valence-corrected chi connectivity index (χ0v) is 19.9. The molecule has 4 rings (SSSR count). The standard InChI is InChI=1S/C23H25ClN6O3S/c24-17-6-8-19(9-7-17)34(32,33)28-12-15-3-1-4-16(11-15)20-14-27-22(25)21(30-20)23(31)29-18-5-2-10-26-13-18/h1,3-4,6-9,11,14,18,26,28H,2,5,10,12-13H2,(H2,25,27)(H,29,31)/t18-/m0/s1. The van der Waals surface area contributed by atoms with Gasteiger partial charge >= 0.3 is 0 Å². The number of benzene rings is 2. The topological polar surface area (TPSA) is 139 Å². The van der Waals surface area contributed by atoms with Gasteiger partial charge in [0.25, 0.3) is 5.91 Å². The average molecular weight is 501 g/mol. The molecule has 1 saturated heterocycles. The van der Waals surface area contributed by atoms with E-state index < -0.39 is 10.0 Å². The Morgan fingerprint density at radius 2 is 2.00 bits per heavy atom. The van der Waals surface area contributed by atoms with Crippen LogP contribution in [0.1, 0.15) is 28.9 Å². The number of anilines is 1. The third-order valence-electron chi connectivity index (χ3n) is 5.46. The Morgan fingerprint density at radius 3 is 2.74 bits per heavy atom. The van der Waals surface area contributed by atoms with Crippen molar-refractivity contribution < 1.29 is 13.2 Å². The van der Waals surface area contributed by atoms with E-state index in [1.807, 2.05) is 6.07 Å². The molecule has 11 heteroatoms. The van der Waals surface area contributed by atoms with Gasteiger partial charge in [-0.25, -0.2) is 23.1 Å². The van der Waals surface area contributed by atoms with E-state index in [2.05, 4.69) is 25.3 Å². The Balaban J connectivity index is 1.49. The first-order valence-electron chi connectivity index (χ1n) is 10.8. The van der Waals surface area contributed by atoms with Crippen molar-refractivity contribution in [2.45, 2.75) is 30.3 Å². The molecule has 178 valence electrons. The number of rotatable bonds is 7. The van der Waals surface area contributed by atoms with Gasteiger partial charge in [-0.1, -0.05) is 29.8 Å². The number of hydrogen-bond donors (Lipinski definition) is 4. The van der Waals surface area contributed by atoms with Gasteiger partial charge in [-0.2, -0.15) is 0 Å². The predicted octanol–water partition coefficient (Wildman–Crippen LogP) is 2.34. The number of hydrogen-bond acceptors (Lipinski definition) is 7. The summed E-state index contributed by atoms with van der Waals surface area (Å²) in [5.74, 6) is -0.315. The number of carbonyl (C=O) groups is 1. The van der Waals surface area contributed by atoms with Crippen molar-refractivity contribution in [1.82, 2.24) is 25.3 Å². The quantitative estimate of drug-likeness (QED) is 0.390. The molecule has 2 aromatic carbocycles. The van der Waals surface area contributed by atoms with E-state index in [-0.39, 0.29) is 34.9 Å². The predicted molar refractivity (Wildman–Crippen MR) is 131 cm³/mol. The fourth-order valence-corrected chi connectivity index (χ4v) is 4.79. The number of carbonyl (C=O) groups excluding carboxylic acids is 1. The van der Waals surface area contributed by atoms with Crippen LogP contribution in [0.25, 0.3) is 11.3 Å². The first-order chi connectivity index (χ1) is 16.3. The minimum absolute atomic E-state index is 0.0168. The van der Waals surface area contributed by atoms with Gasteiger partial charge < -0.3 is 16.4 Å². The smallest absolute Gasteiger partial charge is 0.274 e. The van der Waals surface area contributed by atoms with Crippen molar-refractivity contribution in [1.29, 1.82) is 0 Å². The van der Waals surface area contributed by atoms with Gasteiger partial charge in [-0.05, 0) is 55.3 Å². The molecule has 1 atom stereocenters. The number of nitrogens with zero attached hydrogens (tertiary/aromatic N) is 2. The van der Waals surface area contributed by atoms with E-state index >= 15 is 0 Å². The SMILES string of the molecule is Nc1ncc(-c2cccc(CNS(=O)(=O)c3ccc(Cl)cc3)c2)nc1C(=O)N[C@H]1CCCNC1. The molecule has 1 aliphatic heterocycles. The molecule has 3 aromatic rings. The molecule has 0 bridgehead atoms. The van der Waals surface area contributed by atoms with Gasteiger partial charge in [0, 0.05) is 29.7 Å². The highest BCUT2D eigenvalue weighted by Crippen LogP contribution is 2.21. The van der Waals surface area contributed by atoms with Gasteiger partial charge in [-0.15, -0.1) is 0 Å². The highest BCUT2D eigenvalue weighted by Gasteiger charge is 2.20. The highest BCUT2D eigenvalue weighted by molar-refractivity contribution is 7.89. The molecule has 9 nitrogen and oxygen atoms in total. The second kappa shape index (κ2) is 10.5. The summed E-state index contributed by atoms with van der Waals surface area (Å²) in [5, 5.41) is 6.66. The van der Waals surface area contributed by atoms with Crippen LogP contribution in [0.3, 0.4) is 0 Å². The van der Waals surface area contributed by atoms with Crippen molar-refractivity contribution >= 4 is 33.3 Å². The molecule has 1 aliphatic rings. The Labute approximate surface area is 203 Å². The van der Waals surface area contributed by atoms with E-state index in [0.29, 0.717) is 28.4 Å². The Morgan fingerprint density at radius 1 is 1.21 bits per heavy atom. The molecule has 1 aromatic heterocycles. The molecule has 1 amide bonds. The molecule has 5 N–H and O–H groups in total. The fraction of sp³-hybridized carbons (Fsp3) is 0.261. The fourth-order valence-electron chi connectivity index (χ4n) is 3.65. The molecule has 0 radical (unpaired) electrons. The van der Waals surface area contributed by atoms with Gasteiger partial charge in [0.2, 0.25) is 10.0 Å². The van der Waals surface area contributed by atoms with Crippen LogP contribution in [-0.4, -0.2) is 43.4 Å². The zero-order valence-electron chi connectivity index (χ0n) is 18.3. The monoisotopic (exact) mass is 500 g/mol. The number of halogens is 1. The summed E-state index contributed by atoms with van der Waals surface area (Å²) >= 11 is 5.84. The number of nitrogens with two attached hydrogens (primary N) is 1. The number of amides is 1. The van der Waals surface area contributed by atoms with Crippen LogP contribution in [0, 0.1) is 0 Å². The van der Waals surface area contributed by atoms with Crippen molar-refractivity contribution in [2.75, 3.05) is 18.8 Å². The second-order valence-electron chi connectivity index (χ2n) is 7.98. The molecule has 0 unspecified atom stereocenters. The first-order valence-corrected chi connectivity index (χ1v) is 12.7. The number of sulfonamides is 1. The molecule has 34 heavy (non-hydrogen) atoms. The summed E-state index contributed by atoms with van der Waals surface area (Å²) in [6.45, 7) is 1.71. The van der Waals surface area contributed by atoms with Crippen LogP contribution in [-0.2, 0) is 16.6 Å². The van der Waals surface area contributed by atoms with Crippen LogP contribution < -0.4 is 21.1 Å². The summed E-state index contributed by atoms with van der Waals surface area (Å²) in [5.41, 5.74) is 7.86. The van der Waals surface area contributed by atoms with E-state index in [4.69, 9.17) is 17.3 Å². The number of nitrogens with one attached hydrogen (secondary N) is 3. The lowest BCUT2D eigenvalue weighted by molar-refractivity contribution is 0.0926. The molecule has 1 fully saturated rings. The lowest BCUT2D eigenvalue weighted by atomic mass is 10.1. The maximum atomic E-state index is 12.7. The first kappa shape index (κ1) is 24.1. The normalized spacial score (nSPS) is 16.2. The Kier molecular flexibility index (Phi) is 7.42. The van der Waals surface area contributed by atoms with Crippen LogP contribution in [0.5, 0.6) is 0 Å². The zero-order chi connectivity index (χ0) is 24.1. The lowest BCUT2D eigenvalue weighted by Gasteiger charge is -2.23. The summed E-state index contributed by atoms with van der Waals surface area (Å²) in [6.07, 6.45) is 3.37. The van der Waals surface area contributed by atoms with Crippen LogP contribution >= 0.6 is 11.6 Å². The molecule has 0 spiro atoms. The van der Waals surface area contributed by atoms with Gasteiger partial charge in [0.05, 0.1) is 16.8 Å². The van der Waals surface area contributed by atoms with Crippen molar-refractivity contribution in [2.24, 2.45) is 0 Å². The van der Waals surface area contributed by atoms with Crippen LogP contribution in [0.4, 0.5) is 5.82 Å². The third-order valence-corrected chi connectivity index (χ3v) is 7.13. The minimum Gasteiger partial charge on any atom is -0.382 e.